The molecule has 21 heavy (non-hydrogen) atoms. The molecule has 1 aliphatic rings. The average Bonchev–Trinajstić information content (AvgIpc) is 2.71. The Hall–Kier alpha value is -3.36. The number of aromatic amines is 1. The van der Waals surface area contributed by atoms with E-state index in [2.05, 4.69) is 0 Å². The molecule has 1 aromatic heterocycles. The lowest BCUT2D eigenvalue weighted by atomic mass is 10.1. The number of fused-ring (bicyclic) bond motifs is 1. The third-order valence-electron chi connectivity index (χ3n) is 3.06. The van der Waals surface area contributed by atoms with Crippen molar-refractivity contribution in [2.24, 2.45) is 0 Å². The summed E-state index contributed by atoms with van der Waals surface area (Å²) in [6.45, 7) is 0. The van der Waals surface area contributed by atoms with E-state index in [-0.39, 0.29) is 15.9 Å². The molecule has 0 spiro atoms. The van der Waals surface area contributed by atoms with Gasteiger partial charge < -0.3 is 10.3 Å². The summed E-state index contributed by atoms with van der Waals surface area (Å²) in [5.74, 6) is -2.87. The quantitative estimate of drug-likeness (QED) is 0.468. The Balaban J connectivity index is 2.28. The molecule has 106 valence electrons. The Morgan fingerprint density at radius 1 is 0.952 bits per heavy atom. The largest absolute Gasteiger partial charge is 0.491 e. The van der Waals surface area contributed by atoms with Crippen LogP contribution in [-0.4, -0.2) is 31.8 Å². The molecule has 1 aromatic carbocycles. The van der Waals surface area contributed by atoms with Gasteiger partial charge in [0.05, 0.1) is 11.1 Å². The molecule has 0 bridgehead atoms. The van der Waals surface area contributed by atoms with Crippen LogP contribution in [0.25, 0.3) is 0 Å². The van der Waals surface area contributed by atoms with Crippen molar-refractivity contribution in [2.45, 2.75) is 0 Å². The lowest BCUT2D eigenvalue weighted by Crippen LogP contribution is -2.38. The van der Waals surface area contributed by atoms with E-state index in [9.17, 15) is 29.5 Å². The van der Waals surface area contributed by atoms with Crippen molar-refractivity contribution in [2.75, 3.05) is 4.90 Å². The average molecular weight is 289 g/mol. The predicted octanol–water partition coefficient (Wildman–Crippen LogP) is -0.720. The van der Waals surface area contributed by atoms with Crippen LogP contribution in [0, 0.1) is 0 Å². The zero-order valence-corrected chi connectivity index (χ0v) is 10.2. The van der Waals surface area contributed by atoms with Gasteiger partial charge in [-0.3, -0.25) is 19.4 Å². The summed E-state index contributed by atoms with van der Waals surface area (Å²) in [6.07, 6.45) is 0. The van der Waals surface area contributed by atoms with Gasteiger partial charge in [-0.05, 0) is 12.1 Å². The molecule has 9 nitrogen and oxygen atoms in total. The molecule has 0 atom stereocenters. The van der Waals surface area contributed by atoms with Crippen LogP contribution >= 0.6 is 0 Å². The molecule has 1 aliphatic heterocycles. The van der Waals surface area contributed by atoms with Gasteiger partial charge >= 0.3 is 5.69 Å². The molecule has 3 rings (SSSR count). The number of carbonyl (C=O) groups is 2. The Bertz CT molecular complexity index is 875. The zero-order valence-electron chi connectivity index (χ0n) is 10.2. The maximum Gasteiger partial charge on any atom is 0.364 e. The second-order valence-corrected chi connectivity index (χ2v) is 4.23. The number of aromatic nitrogens is 2. The van der Waals surface area contributed by atoms with Gasteiger partial charge in [-0.1, -0.05) is 16.9 Å². The van der Waals surface area contributed by atoms with E-state index >= 15 is 0 Å². The van der Waals surface area contributed by atoms with Gasteiger partial charge in [0.15, 0.2) is 5.69 Å². The number of rotatable bonds is 1. The highest BCUT2D eigenvalue weighted by molar-refractivity contribution is 6.34. The van der Waals surface area contributed by atoms with E-state index in [0.29, 0.717) is 4.90 Å². The topological polar surface area (TPSA) is 133 Å². The molecule has 3 N–H and O–H groups in total. The van der Waals surface area contributed by atoms with Crippen molar-refractivity contribution in [1.82, 2.24) is 9.71 Å². The highest BCUT2D eigenvalue weighted by atomic mass is 16.5. The number of hydrogen-bond acceptors (Lipinski definition) is 6. The van der Waals surface area contributed by atoms with Crippen molar-refractivity contribution in [3.05, 3.63) is 56.2 Å². The third-order valence-corrected chi connectivity index (χ3v) is 3.06. The molecular formula is C12H7N3O6. The number of H-pyrrole nitrogens is 1. The molecule has 0 unspecified atom stereocenters. The Labute approximate surface area is 115 Å². The van der Waals surface area contributed by atoms with Crippen molar-refractivity contribution in [1.29, 1.82) is 0 Å². The van der Waals surface area contributed by atoms with Gasteiger partial charge in [0.2, 0.25) is 0 Å². The van der Waals surface area contributed by atoms with E-state index in [1.165, 1.54) is 24.3 Å². The second-order valence-electron chi connectivity index (χ2n) is 4.23. The first kappa shape index (κ1) is 12.7. The summed E-state index contributed by atoms with van der Waals surface area (Å²) < 4.78 is -0.264. The van der Waals surface area contributed by atoms with Crippen molar-refractivity contribution >= 4 is 17.5 Å². The standard InChI is InChI=1S/C12H7N3O6/c16-8-7(11(19)15(21)12(20)13-8)14-9(17)5-3-1-2-4-6(5)10(14)18/h1-4,19,21H,(H,13,16,20). The van der Waals surface area contributed by atoms with Gasteiger partial charge in [0.25, 0.3) is 23.3 Å². The number of amides is 2. The van der Waals surface area contributed by atoms with E-state index in [0.717, 1.165) is 0 Å². The maximum atomic E-state index is 12.2. The molecule has 0 aliphatic carbocycles. The minimum atomic E-state index is -1.29. The predicted molar refractivity (Wildman–Crippen MR) is 67.8 cm³/mol. The van der Waals surface area contributed by atoms with Gasteiger partial charge in [-0.15, -0.1) is 0 Å². The summed E-state index contributed by atoms with van der Waals surface area (Å²) >= 11 is 0. The van der Waals surface area contributed by atoms with Crippen LogP contribution in [-0.2, 0) is 0 Å². The molecule has 2 amide bonds. The summed E-state index contributed by atoms with van der Waals surface area (Å²) in [5.41, 5.74) is -3.17. The lowest BCUT2D eigenvalue weighted by Gasteiger charge is -2.14. The SMILES string of the molecule is O=C1c2ccccc2C(=O)N1c1c(O)n(O)c(=O)[nH]c1=O. The minimum absolute atomic E-state index is 0.0528. The summed E-state index contributed by atoms with van der Waals surface area (Å²) in [4.78, 5) is 49.3. The van der Waals surface area contributed by atoms with Crippen LogP contribution in [0.15, 0.2) is 33.9 Å². The number of hydrogen-bond donors (Lipinski definition) is 3. The number of imide groups is 1. The Kier molecular flexibility index (Phi) is 2.45. The van der Waals surface area contributed by atoms with Crippen molar-refractivity contribution in [3.8, 4) is 5.88 Å². The van der Waals surface area contributed by atoms with Gasteiger partial charge in [-0.2, -0.15) is 0 Å². The monoisotopic (exact) mass is 289 g/mol. The number of carbonyl (C=O) groups excluding carboxylic acids is 2. The number of aromatic hydroxyl groups is 1. The number of nitrogens with one attached hydrogen (secondary N) is 1. The first-order chi connectivity index (χ1) is 9.93. The zero-order chi connectivity index (χ0) is 15.3. The van der Waals surface area contributed by atoms with Gasteiger partial charge in [0, 0.05) is 0 Å². The summed E-state index contributed by atoms with van der Waals surface area (Å²) in [7, 11) is 0. The van der Waals surface area contributed by atoms with Gasteiger partial charge in [-0.25, -0.2) is 9.69 Å². The van der Waals surface area contributed by atoms with E-state index in [1.807, 2.05) is 0 Å². The van der Waals surface area contributed by atoms with Crippen LogP contribution in [0.4, 0.5) is 5.69 Å². The van der Waals surface area contributed by atoms with E-state index in [1.54, 1.807) is 4.98 Å². The van der Waals surface area contributed by atoms with E-state index in [4.69, 9.17) is 0 Å². The molecule has 0 saturated carbocycles. The fourth-order valence-electron chi connectivity index (χ4n) is 2.10. The Morgan fingerprint density at radius 2 is 1.48 bits per heavy atom. The summed E-state index contributed by atoms with van der Waals surface area (Å²) in [6, 6.07) is 5.83. The second kappa shape index (κ2) is 4.07. The van der Waals surface area contributed by atoms with Crippen LogP contribution in [0.3, 0.4) is 0 Å². The van der Waals surface area contributed by atoms with Crippen LogP contribution in [0.5, 0.6) is 5.88 Å². The Morgan fingerprint density at radius 3 is 2.00 bits per heavy atom. The smallest absolute Gasteiger partial charge is 0.364 e. The minimum Gasteiger partial charge on any atom is -0.491 e. The van der Waals surface area contributed by atoms with Crippen LogP contribution in [0.2, 0.25) is 0 Å². The third kappa shape index (κ3) is 1.57. The number of anilines is 1. The van der Waals surface area contributed by atoms with Crippen LogP contribution in [0.1, 0.15) is 20.7 Å². The maximum absolute atomic E-state index is 12.2. The highest BCUT2D eigenvalue weighted by Crippen LogP contribution is 2.30. The number of benzene rings is 1. The molecular weight excluding hydrogens is 282 g/mol. The normalized spacial score (nSPS) is 13.6. The van der Waals surface area contributed by atoms with Crippen molar-refractivity contribution < 1.29 is 19.9 Å². The fourth-order valence-corrected chi connectivity index (χ4v) is 2.10. The fraction of sp³-hybridized carbons (Fsp3) is 0. The van der Waals surface area contributed by atoms with Gasteiger partial charge in [0.1, 0.15) is 0 Å². The first-order valence-corrected chi connectivity index (χ1v) is 5.69. The van der Waals surface area contributed by atoms with Crippen LogP contribution < -0.4 is 16.1 Å². The van der Waals surface area contributed by atoms with Crippen molar-refractivity contribution in [3.63, 3.8) is 0 Å². The summed E-state index contributed by atoms with van der Waals surface area (Å²) in [5, 5.41) is 19.0. The number of nitrogens with zero attached hydrogens (tertiary/aromatic N) is 2. The molecule has 2 heterocycles. The lowest BCUT2D eigenvalue weighted by molar-refractivity contribution is 0.0920. The highest BCUT2D eigenvalue weighted by Gasteiger charge is 2.40. The molecule has 2 aromatic rings. The molecule has 0 saturated heterocycles. The van der Waals surface area contributed by atoms with E-state index < -0.39 is 34.6 Å². The molecule has 9 heteroatoms. The molecule has 0 radical (unpaired) electrons. The molecule has 0 fully saturated rings. The first-order valence-electron chi connectivity index (χ1n) is 5.69.